The smallest absolute Gasteiger partial charge is 0.399 e. The Balaban J connectivity index is 1.46. The molecule has 1 saturated heterocycles. The van der Waals surface area contributed by atoms with Crippen LogP contribution in [0.4, 0.5) is 0 Å². The first kappa shape index (κ1) is 23.2. The second-order valence-electron chi connectivity index (χ2n) is 11.1. The highest BCUT2D eigenvalue weighted by molar-refractivity contribution is 6.62. The lowest BCUT2D eigenvalue weighted by atomic mass is 9.79. The quantitative estimate of drug-likeness (QED) is 0.191. The number of benzene rings is 5. The topological polar surface area (TPSA) is 36.3 Å². The van der Waals surface area contributed by atoms with Gasteiger partial charge in [0, 0.05) is 22.0 Å². The fourth-order valence-electron chi connectivity index (χ4n) is 5.50. The molecule has 4 nitrogen and oxygen atoms in total. The number of imidazole rings is 1. The summed E-state index contributed by atoms with van der Waals surface area (Å²) in [6, 6.07) is 36.2. The first-order chi connectivity index (χ1) is 18.3. The van der Waals surface area contributed by atoms with E-state index in [-0.39, 0.29) is 11.2 Å². The Hall–Kier alpha value is -3.93. The molecule has 0 unspecified atom stereocenters. The maximum atomic E-state index is 6.29. The van der Waals surface area contributed by atoms with Crippen LogP contribution in [-0.2, 0) is 9.31 Å². The van der Waals surface area contributed by atoms with Gasteiger partial charge in [0.2, 0.25) is 0 Å². The number of para-hydroxylation sites is 1. The maximum absolute atomic E-state index is 6.29. The van der Waals surface area contributed by atoms with Gasteiger partial charge in [0.1, 0.15) is 5.82 Å². The van der Waals surface area contributed by atoms with Gasteiger partial charge in [0.15, 0.2) is 0 Å². The zero-order valence-electron chi connectivity index (χ0n) is 22.1. The lowest BCUT2D eigenvalue weighted by Crippen LogP contribution is -2.41. The van der Waals surface area contributed by atoms with Crippen molar-refractivity contribution in [2.75, 3.05) is 0 Å². The Labute approximate surface area is 223 Å². The van der Waals surface area contributed by atoms with Crippen LogP contribution >= 0.6 is 0 Å². The van der Waals surface area contributed by atoms with Crippen molar-refractivity contribution in [1.29, 1.82) is 0 Å². The van der Waals surface area contributed by atoms with E-state index in [9.17, 15) is 0 Å². The first-order valence-electron chi connectivity index (χ1n) is 13.2. The molecule has 1 fully saturated rings. The van der Waals surface area contributed by atoms with E-state index >= 15 is 0 Å². The summed E-state index contributed by atoms with van der Waals surface area (Å²) in [7, 11) is -0.394. The van der Waals surface area contributed by atoms with Gasteiger partial charge in [-0.25, -0.2) is 4.98 Å². The number of aromatic nitrogens is 2. The molecule has 7 rings (SSSR count). The highest BCUT2D eigenvalue weighted by Crippen LogP contribution is 2.39. The number of nitrogens with zero attached hydrogens (tertiary/aromatic N) is 2. The average Bonchev–Trinajstić information content (AvgIpc) is 3.44. The largest absolute Gasteiger partial charge is 0.494 e. The highest BCUT2D eigenvalue weighted by atomic mass is 16.7. The van der Waals surface area contributed by atoms with E-state index in [1.54, 1.807) is 0 Å². The summed E-state index contributed by atoms with van der Waals surface area (Å²) in [4.78, 5) is 5.31. The van der Waals surface area contributed by atoms with E-state index in [1.165, 1.54) is 16.2 Å². The van der Waals surface area contributed by atoms with Crippen LogP contribution in [0.2, 0.25) is 0 Å². The van der Waals surface area contributed by atoms with Gasteiger partial charge in [0.05, 0.1) is 22.2 Å². The van der Waals surface area contributed by atoms with Gasteiger partial charge in [-0.15, -0.1) is 0 Å². The predicted octanol–water partition coefficient (Wildman–Crippen LogP) is 7.30. The number of hydrogen-bond donors (Lipinski definition) is 0. The molecule has 0 aliphatic carbocycles. The predicted molar refractivity (Wildman–Crippen MR) is 157 cm³/mol. The van der Waals surface area contributed by atoms with Crippen LogP contribution in [-0.4, -0.2) is 27.9 Å². The molecule has 0 amide bonds. The molecule has 5 aromatic carbocycles. The summed E-state index contributed by atoms with van der Waals surface area (Å²) >= 11 is 0. The second kappa shape index (κ2) is 8.29. The summed E-state index contributed by atoms with van der Waals surface area (Å²) in [6.07, 6.45) is 0. The van der Waals surface area contributed by atoms with Crippen molar-refractivity contribution in [2.45, 2.75) is 38.9 Å². The normalized spacial score (nSPS) is 16.6. The summed E-state index contributed by atoms with van der Waals surface area (Å²) in [5, 5.41) is 4.80. The van der Waals surface area contributed by atoms with E-state index in [0.717, 1.165) is 39.0 Å². The molecule has 1 aliphatic heterocycles. The van der Waals surface area contributed by atoms with Crippen molar-refractivity contribution in [3.8, 4) is 17.1 Å². The Kier molecular flexibility index (Phi) is 5.06. The molecule has 0 atom stereocenters. The minimum absolute atomic E-state index is 0.375. The third-order valence-electron chi connectivity index (χ3n) is 8.24. The van der Waals surface area contributed by atoms with Gasteiger partial charge in [-0.2, -0.15) is 0 Å². The number of rotatable bonds is 3. The Bertz CT molecular complexity index is 1810. The van der Waals surface area contributed by atoms with Gasteiger partial charge >= 0.3 is 7.12 Å². The molecular formula is C33H29BN2O2. The maximum Gasteiger partial charge on any atom is 0.494 e. The monoisotopic (exact) mass is 496 g/mol. The second-order valence-corrected chi connectivity index (χ2v) is 11.1. The molecule has 6 aromatic rings. The molecule has 1 aliphatic rings. The zero-order valence-corrected chi connectivity index (χ0v) is 22.1. The average molecular weight is 496 g/mol. The summed E-state index contributed by atoms with van der Waals surface area (Å²) in [5.74, 6) is 0.910. The highest BCUT2D eigenvalue weighted by Gasteiger charge is 2.51. The van der Waals surface area contributed by atoms with E-state index in [4.69, 9.17) is 14.3 Å². The van der Waals surface area contributed by atoms with Crippen molar-refractivity contribution in [3.05, 3.63) is 103 Å². The fourth-order valence-corrected chi connectivity index (χ4v) is 5.50. The fraction of sp³-hybridized carbons (Fsp3) is 0.182. The molecular weight excluding hydrogens is 467 g/mol. The van der Waals surface area contributed by atoms with Crippen LogP contribution in [0, 0.1) is 0 Å². The van der Waals surface area contributed by atoms with Crippen LogP contribution in [0.3, 0.4) is 0 Å². The van der Waals surface area contributed by atoms with Gasteiger partial charge in [0.25, 0.3) is 0 Å². The SMILES string of the molecule is CC1(C)OB(c2ccc(-c3nc4c5ccccc5c5ccccc5c4n3-c3ccccc3)cc2)OC1(C)C. The van der Waals surface area contributed by atoms with Crippen LogP contribution in [0.1, 0.15) is 27.7 Å². The first-order valence-corrected chi connectivity index (χ1v) is 13.2. The molecule has 186 valence electrons. The van der Waals surface area contributed by atoms with Gasteiger partial charge in [-0.1, -0.05) is 91.0 Å². The van der Waals surface area contributed by atoms with Crippen molar-refractivity contribution in [2.24, 2.45) is 0 Å². The Morgan fingerprint density at radius 2 is 1.13 bits per heavy atom. The molecule has 0 saturated carbocycles. The molecule has 0 radical (unpaired) electrons. The van der Waals surface area contributed by atoms with E-state index < -0.39 is 7.12 Å². The summed E-state index contributed by atoms with van der Waals surface area (Å²) < 4.78 is 14.9. The van der Waals surface area contributed by atoms with E-state index in [0.29, 0.717) is 0 Å². The van der Waals surface area contributed by atoms with Crippen LogP contribution in [0.15, 0.2) is 103 Å². The third kappa shape index (κ3) is 3.43. The molecule has 5 heteroatoms. The lowest BCUT2D eigenvalue weighted by Gasteiger charge is -2.32. The van der Waals surface area contributed by atoms with Crippen LogP contribution in [0.5, 0.6) is 0 Å². The minimum Gasteiger partial charge on any atom is -0.399 e. The lowest BCUT2D eigenvalue weighted by molar-refractivity contribution is 0.00578. The van der Waals surface area contributed by atoms with E-state index in [1.807, 2.05) is 0 Å². The van der Waals surface area contributed by atoms with Crippen molar-refractivity contribution in [1.82, 2.24) is 9.55 Å². The van der Waals surface area contributed by atoms with Crippen LogP contribution in [0.25, 0.3) is 49.7 Å². The third-order valence-corrected chi connectivity index (χ3v) is 8.24. The van der Waals surface area contributed by atoms with Crippen molar-refractivity contribution >= 4 is 45.2 Å². The van der Waals surface area contributed by atoms with Gasteiger partial charge < -0.3 is 9.31 Å². The van der Waals surface area contributed by atoms with Crippen LogP contribution < -0.4 is 5.46 Å². The number of fused-ring (bicyclic) bond motifs is 6. The Morgan fingerprint density at radius 3 is 1.76 bits per heavy atom. The van der Waals surface area contributed by atoms with Crippen molar-refractivity contribution in [3.63, 3.8) is 0 Å². The molecule has 0 spiro atoms. The summed E-state index contributed by atoms with van der Waals surface area (Å²) in [6.45, 7) is 8.33. The van der Waals surface area contributed by atoms with E-state index in [2.05, 4.69) is 135 Å². The zero-order chi connectivity index (χ0) is 26.1. The molecule has 0 bridgehead atoms. The Morgan fingerprint density at radius 1 is 0.605 bits per heavy atom. The molecule has 38 heavy (non-hydrogen) atoms. The standard InChI is InChI=1S/C33H29BN2O2/c1-32(2)33(3,4)38-34(37-32)23-20-18-22(19-21-23)31-35-29-27-16-10-8-14-25(27)26-15-9-11-17-28(26)30(29)36(31)24-12-6-5-7-13-24/h5-21H,1-4H3. The molecule has 1 aromatic heterocycles. The summed E-state index contributed by atoms with van der Waals surface area (Å²) in [5.41, 5.74) is 4.51. The minimum atomic E-state index is -0.394. The number of hydrogen-bond acceptors (Lipinski definition) is 3. The van der Waals surface area contributed by atoms with Crippen molar-refractivity contribution < 1.29 is 9.31 Å². The molecule has 2 heterocycles. The van der Waals surface area contributed by atoms with Gasteiger partial charge in [-0.05, 0) is 56.1 Å². The molecule has 0 N–H and O–H groups in total. The van der Waals surface area contributed by atoms with Gasteiger partial charge in [-0.3, -0.25) is 4.57 Å².